The van der Waals surface area contributed by atoms with E-state index in [0.29, 0.717) is 71.1 Å². The SMILES string of the molecule is C=CCOC12Oc3ccc(OCc4cccc(C)n4)cc3C3C(CCCCO)C(CCCCO)C=C(C(=NOCc4ccc([N+](=O)[O-])cc4)CC1N(Cc1ccc4c(c1)OCO4)C(=O)C=Cc1ccc([N+](=O)[O-])cc1)C32. The molecule has 6 unspecified atom stereocenters. The molecule has 1 aromatic heterocycles. The summed E-state index contributed by atoms with van der Waals surface area (Å²) in [6.07, 6.45) is 11.0. The van der Waals surface area contributed by atoms with E-state index in [4.69, 9.17) is 33.7 Å². The van der Waals surface area contributed by atoms with Gasteiger partial charge in [0.25, 0.3) is 11.4 Å². The Morgan fingerprint density at radius 1 is 0.868 bits per heavy atom. The van der Waals surface area contributed by atoms with E-state index in [9.17, 15) is 30.4 Å². The summed E-state index contributed by atoms with van der Waals surface area (Å²) < 4.78 is 32.7. The number of hydrogen-bond donors (Lipinski definition) is 2. The van der Waals surface area contributed by atoms with Gasteiger partial charge in [-0.05, 0) is 140 Å². The van der Waals surface area contributed by atoms with Crippen LogP contribution in [0.4, 0.5) is 11.4 Å². The Bertz CT molecular complexity index is 3000. The standard InChI is InChI=1S/C58H61N5O13/c1-3-29-74-58-54(61(34-41-17-24-52-53(30-41)73-37-72-52)55(66)26-18-39-13-19-44(20-14-39)62(67)68)33-50(60-75-35-40-15-21-45(22-16-40)63(69)70)48-31-42(10-4-6-27-64)47(12-5-7-28-65)56(57(48)58)49-32-46(23-25-51(49)76-58)71-36-43-11-8-9-38(2)59-43/h3,8-9,11,13-26,30-32,42,47,54,56-57,64-65H,1,4-7,10,12,27-29,33-37H2,2H3. The number of rotatable bonds is 24. The molecular formula is C58H61N5O13. The Kier molecular flexibility index (Phi) is 16.8. The fourth-order valence-electron chi connectivity index (χ4n) is 11.0. The Morgan fingerprint density at radius 3 is 2.30 bits per heavy atom. The number of ether oxygens (including phenoxy) is 5. The van der Waals surface area contributed by atoms with E-state index in [0.717, 1.165) is 35.4 Å². The van der Waals surface area contributed by atoms with E-state index in [2.05, 4.69) is 17.6 Å². The van der Waals surface area contributed by atoms with Crippen molar-refractivity contribution < 1.29 is 53.4 Å². The quantitative estimate of drug-likeness (QED) is 0.0193. The molecular weight excluding hydrogens is 975 g/mol. The Labute approximate surface area is 440 Å². The Morgan fingerprint density at radius 2 is 1.58 bits per heavy atom. The monoisotopic (exact) mass is 1040 g/mol. The molecule has 1 amide bonds. The fourth-order valence-corrected chi connectivity index (χ4v) is 11.0. The zero-order chi connectivity index (χ0) is 53.2. The number of carbonyl (C=O) groups excluding carboxylic acids is 1. The summed E-state index contributed by atoms with van der Waals surface area (Å²) in [5, 5.41) is 48.2. The number of aliphatic hydroxyl groups excluding tert-OH is 2. The van der Waals surface area contributed by atoms with Crippen LogP contribution in [0.1, 0.15) is 84.5 Å². The number of aryl methyl sites for hydroxylation is 1. The molecule has 0 bridgehead atoms. The molecule has 9 rings (SSSR count). The molecule has 4 aromatic carbocycles. The molecule has 0 spiro atoms. The number of nitro benzene ring substituents is 2. The zero-order valence-corrected chi connectivity index (χ0v) is 42.2. The molecule has 18 nitrogen and oxygen atoms in total. The molecule has 1 saturated carbocycles. The smallest absolute Gasteiger partial charge is 0.269 e. The molecule has 18 heteroatoms. The van der Waals surface area contributed by atoms with Gasteiger partial charge in [0.1, 0.15) is 30.8 Å². The third-order valence-electron chi connectivity index (χ3n) is 14.5. The summed E-state index contributed by atoms with van der Waals surface area (Å²) >= 11 is 0. The molecule has 76 heavy (non-hydrogen) atoms. The van der Waals surface area contributed by atoms with Crippen molar-refractivity contribution in [1.82, 2.24) is 9.88 Å². The number of allylic oxidation sites excluding steroid dienone is 1. The summed E-state index contributed by atoms with van der Waals surface area (Å²) in [6.45, 7) is 6.32. The Balaban J connectivity index is 1.23. The first kappa shape index (κ1) is 52.9. The fraction of sp³-hybridized carbons (Fsp3) is 0.362. The minimum atomic E-state index is -1.62. The van der Waals surface area contributed by atoms with Gasteiger partial charge in [-0.25, -0.2) is 0 Å². The molecule has 0 radical (unpaired) electrons. The molecule has 0 saturated heterocycles. The van der Waals surface area contributed by atoms with E-state index in [-0.39, 0.29) is 81.9 Å². The van der Waals surface area contributed by atoms with Crippen LogP contribution >= 0.6 is 0 Å². The van der Waals surface area contributed by atoms with E-state index >= 15 is 4.79 Å². The van der Waals surface area contributed by atoms with E-state index < -0.39 is 33.5 Å². The molecule has 2 N–H and O–H groups in total. The summed E-state index contributed by atoms with van der Waals surface area (Å²) in [7, 11) is 0. The highest BCUT2D eigenvalue weighted by Gasteiger charge is 2.65. The van der Waals surface area contributed by atoms with Crippen molar-refractivity contribution >= 4 is 29.1 Å². The number of fused-ring (bicyclic) bond motifs is 3. The topological polar surface area (TPSA) is 228 Å². The number of amides is 1. The summed E-state index contributed by atoms with van der Waals surface area (Å²) in [4.78, 5) is 50.1. The minimum Gasteiger partial charge on any atom is -0.487 e. The predicted molar refractivity (Wildman–Crippen MR) is 281 cm³/mol. The second-order valence-electron chi connectivity index (χ2n) is 19.4. The number of nitro groups is 2. The molecule has 396 valence electrons. The lowest BCUT2D eigenvalue weighted by Gasteiger charge is -2.60. The summed E-state index contributed by atoms with van der Waals surface area (Å²) in [5.41, 5.74) is 5.59. The number of nitrogens with zero attached hydrogens (tertiary/aromatic N) is 5. The van der Waals surface area contributed by atoms with Crippen molar-refractivity contribution in [2.75, 3.05) is 26.6 Å². The third kappa shape index (κ3) is 11.8. The maximum absolute atomic E-state index is 15.4. The van der Waals surface area contributed by atoms with Gasteiger partial charge in [0.2, 0.25) is 18.5 Å². The van der Waals surface area contributed by atoms with Gasteiger partial charge >= 0.3 is 0 Å². The lowest BCUT2D eigenvalue weighted by atomic mass is 9.55. The lowest BCUT2D eigenvalue weighted by molar-refractivity contribution is -0.385. The van der Waals surface area contributed by atoms with Gasteiger partial charge in [-0.3, -0.25) is 30.0 Å². The maximum atomic E-state index is 15.4. The van der Waals surface area contributed by atoms with E-state index in [1.54, 1.807) is 47.4 Å². The lowest BCUT2D eigenvalue weighted by Crippen LogP contribution is -2.70. The predicted octanol–water partition coefficient (Wildman–Crippen LogP) is 10.1. The second kappa shape index (κ2) is 24.2. The van der Waals surface area contributed by atoms with Crippen molar-refractivity contribution in [3.63, 3.8) is 0 Å². The van der Waals surface area contributed by atoms with Gasteiger partial charge in [0.15, 0.2) is 11.5 Å². The molecule has 4 aliphatic rings. The van der Waals surface area contributed by atoms with Crippen molar-refractivity contribution in [2.45, 2.75) is 89.4 Å². The second-order valence-corrected chi connectivity index (χ2v) is 19.4. The third-order valence-corrected chi connectivity index (χ3v) is 14.5. The maximum Gasteiger partial charge on any atom is 0.269 e. The van der Waals surface area contributed by atoms with Crippen LogP contribution in [-0.2, 0) is 34.1 Å². The number of unbranched alkanes of at least 4 members (excludes halogenated alkanes) is 2. The van der Waals surface area contributed by atoms with E-state index in [1.165, 1.54) is 30.3 Å². The van der Waals surface area contributed by atoms with Gasteiger partial charge in [0.05, 0.1) is 33.8 Å². The number of pyridine rings is 1. The molecule has 6 atom stereocenters. The van der Waals surface area contributed by atoms with Gasteiger partial charge < -0.3 is 43.6 Å². The number of benzene rings is 4. The minimum absolute atomic E-state index is 0.0173. The van der Waals surface area contributed by atoms with Gasteiger partial charge in [-0.2, -0.15) is 0 Å². The number of aliphatic hydroxyl groups is 2. The average molecular weight is 1040 g/mol. The van der Waals surface area contributed by atoms with Crippen LogP contribution in [0.5, 0.6) is 23.0 Å². The molecule has 3 heterocycles. The number of carbonyl (C=O) groups is 1. The average Bonchev–Trinajstić information content (AvgIpc) is 3.93. The van der Waals surface area contributed by atoms with Gasteiger partial charge in [0, 0.05) is 73.7 Å². The number of oxime groups is 1. The Hall–Kier alpha value is -7.93. The van der Waals surface area contributed by atoms with Crippen molar-refractivity contribution in [3.8, 4) is 23.0 Å². The highest BCUT2D eigenvalue weighted by Crippen LogP contribution is 2.62. The largest absolute Gasteiger partial charge is 0.487 e. The van der Waals surface area contributed by atoms with Crippen LogP contribution < -0.4 is 18.9 Å². The highest BCUT2D eigenvalue weighted by atomic mass is 16.7. The highest BCUT2D eigenvalue weighted by molar-refractivity contribution is 6.03. The molecule has 2 aliphatic heterocycles. The number of non-ortho nitro benzene ring substituents is 2. The van der Waals surface area contributed by atoms with Gasteiger partial charge in [-0.1, -0.05) is 42.3 Å². The molecule has 5 aromatic rings. The number of hydrogen-bond acceptors (Lipinski definition) is 15. The first-order valence-corrected chi connectivity index (χ1v) is 25.6. The van der Waals surface area contributed by atoms with Crippen LogP contribution in [0.2, 0.25) is 0 Å². The zero-order valence-electron chi connectivity index (χ0n) is 42.2. The number of aromatic nitrogens is 1. The van der Waals surface area contributed by atoms with E-state index in [1.807, 2.05) is 55.5 Å². The van der Waals surface area contributed by atoms with Crippen LogP contribution in [0.3, 0.4) is 0 Å². The van der Waals surface area contributed by atoms with Crippen molar-refractivity contribution in [2.24, 2.45) is 22.9 Å². The van der Waals surface area contributed by atoms with Crippen LogP contribution in [0.15, 0.2) is 139 Å². The van der Waals surface area contributed by atoms with Gasteiger partial charge in [-0.15, -0.1) is 6.58 Å². The van der Waals surface area contributed by atoms with Crippen molar-refractivity contribution in [1.29, 1.82) is 0 Å². The summed E-state index contributed by atoms with van der Waals surface area (Å²) in [6, 6.07) is 28.0. The molecule has 1 fully saturated rings. The molecule has 2 aliphatic carbocycles. The summed E-state index contributed by atoms with van der Waals surface area (Å²) in [5.74, 6) is -1.01. The van der Waals surface area contributed by atoms with Crippen LogP contribution in [-0.4, -0.2) is 80.0 Å². The van der Waals surface area contributed by atoms with Crippen LogP contribution in [0.25, 0.3) is 6.08 Å². The van der Waals surface area contributed by atoms with Crippen LogP contribution in [0, 0.1) is 44.9 Å². The first-order chi connectivity index (χ1) is 37.0. The normalized spacial score (nSPS) is 21.5. The first-order valence-electron chi connectivity index (χ1n) is 25.6. The van der Waals surface area contributed by atoms with Crippen molar-refractivity contribution in [3.05, 3.63) is 187 Å².